The van der Waals surface area contributed by atoms with Gasteiger partial charge in [-0.1, -0.05) is 13.3 Å². The fourth-order valence-electron chi connectivity index (χ4n) is 2.74. The molecule has 0 bridgehead atoms. The molecule has 2 fully saturated rings. The van der Waals surface area contributed by atoms with Crippen molar-refractivity contribution in [1.29, 1.82) is 0 Å². The zero-order valence-electron chi connectivity index (χ0n) is 9.59. The van der Waals surface area contributed by atoms with Crippen LogP contribution in [0.1, 0.15) is 39.0 Å². The van der Waals surface area contributed by atoms with Crippen LogP contribution < -0.4 is 10.6 Å². The van der Waals surface area contributed by atoms with Crippen molar-refractivity contribution in [3.8, 4) is 0 Å². The quantitative estimate of drug-likeness (QED) is 0.721. The molecule has 15 heavy (non-hydrogen) atoms. The van der Waals surface area contributed by atoms with E-state index in [1.54, 1.807) is 0 Å². The molecule has 2 unspecified atom stereocenters. The average Bonchev–Trinajstić information content (AvgIpc) is 2.66. The normalized spacial score (nSPS) is 36.5. The molecule has 1 aliphatic heterocycles. The van der Waals surface area contributed by atoms with Gasteiger partial charge < -0.3 is 10.6 Å². The van der Waals surface area contributed by atoms with Gasteiger partial charge in [0.25, 0.3) is 0 Å². The first-order valence-electron chi connectivity index (χ1n) is 6.28. The number of carbonyl (C=O) groups excluding carboxylic acids is 1. The molecular formula is C12H22N2O. The first kappa shape index (κ1) is 10.9. The molecule has 0 aromatic heterocycles. The van der Waals surface area contributed by atoms with E-state index in [-0.39, 0.29) is 11.8 Å². The highest BCUT2D eigenvalue weighted by Crippen LogP contribution is 2.25. The zero-order valence-corrected chi connectivity index (χ0v) is 9.59. The van der Waals surface area contributed by atoms with E-state index in [9.17, 15) is 4.79 Å². The van der Waals surface area contributed by atoms with E-state index in [4.69, 9.17) is 0 Å². The second kappa shape index (κ2) is 4.97. The Morgan fingerprint density at radius 2 is 2.13 bits per heavy atom. The van der Waals surface area contributed by atoms with Gasteiger partial charge in [0.05, 0.1) is 5.92 Å². The summed E-state index contributed by atoms with van der Waals surface area (Å²) in [5.41, 5.74) is 0. The van der Waals surface area contributed by atoms with Crippen LogP contribution in [0.3, 0.4) is 0 Å². The first-order valence-corrected chi connectivity index (χ1v) is 6.28. The van der Waals surface area contributed by atoms with Crippen LogP contribution in [-0.4, -0.2) is 25.0 Å². The second-order valence-electron chi connectivity index (χ2n) is 5.07. The van der Waals surface area contributed by atoms with Crippen LogP contribution in [0.4, 0.5) is 0 Å². The van der Waals surface area contributed by atoms with E-state index in [1.165, 1.54) is 19.3 Å². The minimum atomic E-state index is 0.214. The Morgan fingerprint density at radius 3 is 2.73 bits per heavy atom. The number of rotatable bonds is 2. The Labute approximate surface area is 92.0 Å². The van der Waals surface area contributed by atoms with Crippen molar-refractivity contribution in [3.63, 3.8) is 0 Å². The van der Waals surface area contributed by atoms with Gasteiger partial charge in [-0.15, -0.1) is 0 Å². The number of hydrogen-bond donors (Lipinski definition) is 2. The smallest absolute Gasteiger partial charge is 0.224 e. The van der Waals surface area contributed by atoms with Gasteiger partial charge in [-0.3, -0.25) is 4.79 Å². The highest BCUT2D eigenvalue weighted by atomic mass is 16.2. The lowest BCUT2D eigenvalue weighted by molar-refractivity contribution is -0.126. The van der Waals surface area contributed by atoms with E-state index in [2.05, 4.69) is 17.6 Å². The predicted molar refractivity (Wildman–Crippen MR) is 60.5 cm³/mol. The molecule has 1 saturated carbocycles. The van der Waals surface area contributed by atoms with Crippen LogP contribution in [0.25, 0.3) is 0 Å². The molecule has 1 amide bonds. The monoisotopic (exact) mass is 210 g/mol. The molecule has 2 aliphatic rings. The van der Waals surface area contributed by atoms with Gasteiger partial charge in [0.1, 0.15) is 0 Å². The van der Waals surface area contributed by atoms with Gasteiger partial charge in [-0.25, -0.2) is 0 Å². The van der Waals surface area contributed by atoms with E-state index in [0.29, 0.717) is 12.0 Å². The molecule has 3 heteroatoms. The van der Waals surface area contributed by atoms with Gasteiger partial charge in [-0.05, 0) is 38.1 Å². The van der Waals surface area contributed by atoms with Crippen LogP contribution >= 0.6 is 0 Å². The summed E-state index contributed by atoms with van der Waals surface area (Å²) >= 11 is 0. The van der Waals surface area contributed by atoms with Gasteiger partial charge >= 0.3 is 0 Å². The predicted octanol–water partition coefficient (Wildman–Crippen LogP) is 1.29. The zero-order chi connectivity index (χ0) is 10.7. The summed E-state index contributed by atoms with van der Waals surface area (Å²) in [6, 6.07) is 0.444. The van der Waals surface area contributed by atoms with Crippen LogP contribution in [0.5, 0.6) is 0 Å². The SMILES string of the molecule is CC1CCCC1NC(=O)[C@H]1CCCNC1. The number of piperidine rings is 1. The van der Waals surface area contributed by atoms with Crippen molar-refractivity contribution in [1.82, 2.24) is 10.6 Å². The Morgan fingerprint density at radius 1 is 1.27 bits per heavy atom. The average molecular weight is 210 g/mol. The van der Waals surface area contributed by atoms with Gasteiger partial charge in [0, 0.05) is 12.6 Å². The highest BCUT2D eigenvalue weighted by Gasteiger charge is 2.28. The van der Waals surface area contributed by atoms with Crippen molar-refractivity contribution in [2.24, 2.45) is 11.8 Å². The Bertz CT molecular complexity index is 224. The summed E-state index contributed by atoms with van der Waals surface area (Å²) in [6.45, 7) is 4.19. The molecule has 1 heterocycles. The van der Waals surface area contributed by atoms with Crippen LogP contribution in [0.2, 0.25) is 0 Å². The summed E-state index contributed by atoms with van der Waals surface area (Å²) in [7, 11) is 0. The van der Waals surface area contributed by atoms with Crippen LogP contribution in [-0.2, 0) is 4.79 Å². The fourth-order valence-corrected chi connectivity index (χ4v) is 2.74. The third-order valence-electron chi connectivity index (χ3n) is 3.86. The number of hydrogen-bond acceptors (Lipinski definition) is 2. The molecule has 0 radical (unpaired) electrons. The lowest BCUT2D eigenvalue weighted by Crippen LogP contribution is -2.45. The number of nitrogens with one attached hydrogen (secondary N) is 2. The number of amides is 1. The van der Waals surface area contributed by atoms with Gasteiger partial charge in [0.2, 0.25) is 5.91 Å². The number of carbonyl (C=O) groups is 1. The van der Waals surface area contributed by atoms with Crippen molar-refractivity contribution < 1.29 is 4.79 Å². The largest absolute Gasteiger partial charge is 0.353 e. The van der Waals surface area contributed by atoms with Crippen molar-refractivity contribution in [2.45, 2.75) is 45.1 Å². The second-order valence-corrected chi connectivity index (χ2v) is 5.07. The fraction of sp³-hybridized carbons (Fsp3) is 0.917. The molecule has 2 rings (SSSR count). The van der Waals surface area contributed by atoms with Crippen LogP contribution in [0.15, 0.2) is 0 Å². The maximum absolute atomic E-state index is 11.9. The molecule has 0 aromatic rings. The third-order valence-corrected chi connectivity index (χ3v) is 3.86. The Hall–Kier alpha value is -0.570. The Kier molecular flexibility index (Phi) is 3.62. The van der Waals surface area contributed by atoms with E-state index < -0.39 is 0 Å². The van der Waals surface area contributed by atoms with Gasteiger partial charge in [0.15, 0.2) is 0 Å². The minimum absolute atomic E-state index is 0.214. The van der Waals surface area contributed by atoms with Crippen molar-refractivity contribution in [2.75, 3.05) is 13.1 Å². The molecule has 3 atom stereocenters. The van der Waals surface area contributed by atoms with E-state index in [1.807, 2.05) is 0 Å². The summed E-state index contributed by atoms with van der Waals surface area (Å²) in [6.07, 6.45) is 5.91. The summed E-state index contributed by atoms with van der Waals surface area (Å²) in [5, 5.41) is 6.51. The van der Waals surface area contributed by atoms with E-state index >= 15 is 0 Å². The summed E-state index contributed by atoms with van der Waals surface area (Å²) in [4.78, 5) is 11.9. The maximum atomic E-state index is 11.9. The first-order chi connectivity index (χ1) is 7.27. The lowest BCUT2D eigenvalue weighted by atomic mass is 9.97. The van der Waals surface area contributed by atoms with Crippen molar-refractivity contribution in [3.05, 3.63) is 0 Å². The molecule has 86 valence electrons. The molecule has 2 N–H and O–H groups in total. The minimum Gasteiger partial charge on any atom is -0.353 e. The van der Waals surface area contributed by atoms with E-state index in [0.717, 1.165) is 25.9 Å². The molecule has 0 aromatic carbocycles. The van der Waals surface area contributed by atoms with Crippen molar-refractivity contribution >= 4 is 5.91 Å². The maximum Gasteiger partial charge on any atom is 0.224 e. The molecule has 1 saturated heterocycles. The molecule has 0 spiro atoms. The standard InChI is InChI=1S/C12H22N2O/c1-9-4-2-6-11(9)14-12(15)10-5-3-7-13-8-10/h9-11,13H,2-8H2,1H3,(H,14,15)/t9?,10-,11?/m0/s1. The topological polar surface area (TPSA) is 41.1 Å². The van der Waals surface area contributed by atoms with Gasteiger partial charge in [-0.2, -0.15) is 0 Å². The molecule has 1 aliphatic carbocycles. The highest BCUT2D eigenvalue weighted by molar-refractivity contribution is 5.79. The summed E-state index contributed by atoms with van der Waals surface area (Å²) in [5.74, 6) is 1.16. The Balaban J connectivity index is 1.80. The molecule has 3 nitrogen and oxygen atoms in total. The summed E-state index contributed by atoms with van der Waals surface area (Å²) < 4.78 is 0. The van der Waals surface area contributed by atoms with Crippen LogP contribution in [0, 0.1) is 11.8 Å². The molecular weight excluding hydrogens is 188 g/mol. The third kappa shape index (κ3) is 2.71. The lowest BCUT2D eigenvalue weighted by Gasteiger charge is -2.25.